The minimum absolute atomic E-state index is 0.0854. The van der Waals surface area contributed by atoms with Crippen molar-refractivity contribution in [2.45, 2.75) is 19.4 Å². The Morgan fingerprint density at radius 3 is 2.22 bits per heavy atom. The van der Waals surface area contributed by atoms with Crippen LogP contribution in [0, 0.1) is 0 Å². The smallest absolute Gasteiger partial charge is 0.306 e. The Labute approximate surface area is 144 Å². The summed E-state index contributed by atoms with van der Waals surface area (Å²) in [7, 11) is 0. The number of carboxylic acids is 1. The van der Waals surface area contributed by atoms with E-state index in [2.05, 4.69) is 0 Å². The third-order valence-electron chi connectivity index (χ3n) is 3.05. The molecule has 2 aromatic rings. The molecule has 4 nitrogen and oxygen atoms in total. The van der Waals surface area contributed by atoms with Crippen LogP contribution >= 0.6 is 23.2 Å². The lowest BCUT2D eigenvalue weighted by Gasteiger charge is -2.16. The van der Waals surface area contributed by atoms with Crippen LogP contribution in [0.4, 0.5) is 0 Å². The Balaban J connectivity index is 2.13. The van der Waals surface area contributed by atoms with Gasteiger partial charge in [0.15, 0.2) is 0 Å². The molecule has 0 aliphatic rings. The Hall–Kier alpha value is -1.75. The molecule has 0 radical (unpaired) electrons. The molecule has 122 valence electrons. The summed E-state index contributed by atoms with van der Waals surface area (Å²) < 4.78 is 11.2. The van der Waals surface area contributed by atoms with Crippen LogP contribution in [0.15, 0.2) is 42.5 Å². The van der Waals surface area contributed by atoms with Crippen molar-refractivity contribution in [1.29, 1.82) is 0 Å². The van der Waals surface area contributed by atoms with E-state index in [-0.39, 0.29) is 6.42 Å². The van der Waals surface area contributed by atoms with E-state index in [1.807, 2.05) is 6.92 Å². The first kappa shape index (κ1) is 17.6. The highest BCUT2D eigenvalue weighted by atomic mass is 35.5. The summed E-state index contributed by atoms with van der Waals surface area (Å²) in [5.41, 5.74) is 0.783. The normalized spacial score (nSPS) is 12.0. The van der Waals surface area contributed by atoms with Gasteiger partial charge >= 0.3 is 5.97 Å². The molecule has 2 rings (SSSR count). The summed E-state index contributed by atoms with van der Waals surface area (Å²) >= 11 is 11.9. The van der Waals surface area contributed by atoms with Crippen LogP contribution in [0.25, 0.3) is 0 Å². The molecule has 0 aliphatic carbocycles. The summed E-state index contributed by atoms with van der Waals surface area (Å²) in [6.07, 6.45) is -0.565. The van der Waals surface area contributed by atoms with Gasteiger partial charge in [0.25, 0.3) is 0 Å². The molecular weight excluding hydrogens is 339 g/mol. The van der Waals surface area contributed by atoms with E-state index in [1.54, 1.807) is 42.5 Å². The second kappa shape index (κ2) is 8.20. The number of halogens is 2. The Morgan fingerprint density at radius 1 is 1.09 bits per heavy atom. The summed E-state index contributed by atoms with van der Waals surface area (Å²) in [6.45, 7) is 2.27. The van der Waals surface area contributed by atoms with Gasteiger partial charge in [-0.3, -0.25) is 4.79 Å². The van der Waals surface area contributed by atoms with E-state index < -0.39 is 12.1 Å². The Morgan fingerprint density at radius 2 is 1.70 bits per heavy atom. The van der Waals surface area contributed by atoms with Gasteiger partial charge in [0.05, 0.1) is 12.5 Å². The fourth-order valence-electron chi connectivity index (χ4n) is 2.11. The molecular formula is C17H16Cl2O4. The van der Waals surface area contributed by atoms with Crippen LogP contribution in [0.2, 0.25) is 10.0 Å². The topological polar surface area (TPSA) is 55.8 Å². The first-order chi connectivity index (χ1) is 11.0. The van der Waals surface area contributed by atoms with Crippen molar-refractivity contribution in [2.75, 3.05) is 6.61 Å². The van der Waals surface area contributed by atoms with E-state index in [0.717, 1.165) is 5.56 Å². The number of carboxylic acid groups (broad SMARTS) is 1. The average Bonchev–Trinajstić information content (AvgIpc) is 2.46. The van der Waals surface area contributed by atoms with Crippen molar-refractivity contribution < 1.29 is 19.4 Å². The molecule has 6 heteroatoms. The number of ether oxygens (including phenoxy) is 2. The fraction of sp³-hybridized carbons (Fsp3) is 0.235. The van der Waals surface area contributed by atoms with Gasteiger partial charge in [0.2, 0.25) is 0 Å². The third kappa shape index (κ3) is 5.43. The zero-order valence-electron chi connectivity index (χ0n) is 12.5. The lowest BCUT2D eigenvalue weighted by Crippen LogP contribution is -2.10. The number of hydrogen-bond acceptors (Lipinski definition) is 3. The number of hydrogen-bond donors (Lipinski definition) is 1. The third-order valence-corrected chi connectivity index (χ3v) is 3.49. The molecule has 1 N–H and O–H groups in total. The fourth-order valence-corrected chi connectivity index (χ4v) is 2.61. The highest BCUT2D eigenvalue weighted by molar-refractivity contribution is 6.34. The molecule has 0 bridgehead atoms. The minimum atomic E-state index is -0.905. The SMILES string of the molecule is CCOC(CC(=O)O)c1ccc(Oc2cc(Cl)cc(Cl)c2)cc1. The molecule has 2 aromatic carbocycles. The van der Waals surface area contributed by atoms with Crippen LogP contribution in [0.5, 0.6) is 11.5 Å². The highest BCUT2D eigenvalue weighted by Gasteiger charge is 2.15. The van der Waals surface area contributed by atoms with Gasteiger partial charge in [-0.25, -0.2) is 0 Å². The minimum Gasteiger partial charge on any atom is -0.481 e. The van der Waals surface area contributed by atoms with E-state index in [1.165, 1.54) is 0 Å². The van der Waals surface area contributed by atoms with Crippen molar-refractivity contribution in [3.8, 4) is 11.5 Å². The van der Waals surface area contributed by atoms with Crippen molar-refractivity contribution in [3.63, 3.8) is 0 Å². The van der Waals surface area contributed by atoms with E-state index in [0.29, 0.717) is 28.2 Å². The molecule has 0 saturated heterocycles. The van der Waals surface area contributed by atoms with Crippen LogP contribution < -0.4 is 4.74 Å². The number of carbonyl (C=O) groups is 1. The van der Waals surface area contributed by atoms with Gasteiger partial charge in [-0.05, 0) is 42.8 Å². The van der Waals surface area contributed by atoms with E-state index in [9.17, 15) is 4.79 Å². The largest absolute Gasteiger partial charge is 0.481 e. The molecule has 23 heavy (non-hydrogen) atoms. The van der Waals surface area contributed by atoms with Crippen molar-refractivity contribution in [1.82, 2.24) is 0 Å². The second-order valence-electron chi connectivity index (χ2n) is 4.82. The molecule has 0 heterocycles. The van der Waals surface area contributed by atoms with Gasteiger partial charge in [-0.1, -0.05) is 35.3 Å². The molecule has 1 atom stereocenters. The van der Waals surface area contributed by atoms with Crippen molar-refractivity contribution in [3.05, 3.63) is 58.1 Å². The van der Waals surface area contributed by atoms with Gasteiger partial charge < -0.3 is 14.6 Å². The number of benzene rings is 2. The van der Waals surface area contributed by atoms with Crippen LogP contribution in [0.3, 0.4) is 0 Å². The maximum atomic E-state index is 10.9. The summed E-state index contributed by atoms with van der Waals surface area (Å²) in [4.78, 5) is 10.9. The monoisotopic (exact) mass is 354 g/mol. The van der Waals surface area contributed by atoms with Gasteiger partial charge in [-0.2, -0.15) is 0 Å². The van der Waals surface area contributed by atoms with Crippen molar-refractivity contribution in [2.24, 2.45) is 0 Å². The molecule has 0 amide bonds. The van der Waals surface area contributed by atoms with Crippen molar-refractivity contribution >= 4 is 29.2 Å². The first-order valence-corrected chi connectivity index (χ1v) is 7.81. The predicted octanol–water partition coefficient (Wildman–Crippen LogP) is 5.34. The average molecular weight is 355 g/mol. The van der Waals surface area contributed by atoms with E-state index >= 15 is 0 Å². The summed E-state index contributed by atoms with van der Waals surface area (Å²) in [5, 5.41) is 9.92. The molecule has 0 aliphatic heterocycles. The molecule has 1 unspecified atom stereocenters. The summed E-state index contributed by atoms with van der Waals surface area (Å²) in [6, 6.07) is 12.0. The number of rotatable bonds is 7. The van der Waals surface area contributed by atoms with Gasteiger partial charge in [-0.15, -0.1) is 0 Å². The van der Waals surface area contributed by atoms with Gasteiger partial charge in [0.1, 0.15) is 11.5 Å². The molecule has 0 saturated carbocycles. The zero-order valence-corrected chi connectivity index (χ0v) is 14.0. The summed E-state index contributed by atoms with van der Waals surface area (Å²) in [5.74, 6) is 0.220. The van der Waals surface area contributed by atoms with Crippen LogP contribution in [-0.4, -0.2) is 17.7 Å². The number of aliphatic carboxylic acids is 1. The van der Waals surface area contributed by atoms with Crippen LogP contribution in [0.1, 0.15) is 25.0 Å². The standard InChI is InChI=1S/C17H16Cl2O4/c1-2-22-16(10-17(20)21)11-3-5-14(6-4-11)23-15-8-12(18)7-13(19)9-15/h3-9,16H,2,10H2,1H3,(H,20,21). The first-order valence-electron chi connectivity index (χ1n) is 7.05. The highest BCUT2D eigenvalue weighted by Crippen LogP contribution is 2.30. The predicted molar refractivity (Wildman–Crippen MR) is 89.6 cm³/mol. The maximum Gasteiger partial charge on any atom is 0.306 e. The Kier molecular flexibility index (Phi) is 6.28. The Bertz CT molecular complexity index is 651. The second-order valence-corrected chi connectivity index (χ2v) is 5.69. The molecule has 0 fully saturated rings. The maximum absolute atomic E-state index is 10.9. The van der Waals surface area contributed by atoms with Crippen LogP contribution in [-0.2, 0) is 9.53 Å². The van der Waals surface area contributed by atoms with Gasteiger partial charge in [0, 0.05) is 16.7 Å². The molecule has 0 aromatic heterocycles. The molecule has 0 spiro atoms. The lowest BCUT2D eigenvalue weighted by molar-refractivity contribution is -0.140. The van der Waals surface area contributed by atoms with E-state index in [4.69, 9.17) is 37.8 Å². The quantitative estimate of drug-likeness (QED) is 0.729. The lowest BCUT2D eigenvalue weighted by atomic mass is 10.1. The zero-order chi connectivity index (χ0) is 16.8.